The van der Waals surface area contributed by atoms with Gasteiger partial charge in [-0.25, -0.2) is 0 Å². The van der Waals surface area contributed by atoms with Crippen molar-refractivity contribution in [3.63, 3.8) is 0 Å². The first-order chi connectivity index (χ1) is 8.09. The Balaban J connectivity index is 2.03. The topological polar surface area (TPSA) is 29.1 Å². The minimum atomic E-state index is -0.744. The second-order valence-electron chi connectivity index (χ2n) is 4.62. The lowest BCUT2D eigenvalue weighted by Gasteiger charge is -2.16. The number of halogens is 1. The fourth-order valence-corrected chi connectivity index (χ4v) is 3.16. The summed E-state index contributed by atoms with van der Waals surface area (Å²) in [5.74, 6) is 0. The SMILES string of the molecule is C[C@H](CN[C@@H]1CCc2c(Br)cccc21)[S@](C)=O. The molecule has 3 atom stereocenters. The molecule has 0 unspecified atom stereocenters. The van der Waals surface area contributed by atoms with Gasteiger partial charge in [0.1, 0.15) is 0 Å². The van der Waals surface area contributed by atoms with Crippen LogP contribution in [0.4, 0.5) is 0 Å². The first kappa shape index (κ1) is 13.2. The second kappa shape index (κ2) is 5.63. The van der Waals surface area contributed by atoms with E-state index in [4.69, 9.17) is 0 Å². The monoisotopic (exact) mass is 315 g/mol. The van der Waals surface area contributed by atoms with E-state index >= 15 is 0 Å². The molecule has 1 aromatic carbocycles. The molecule has 0 heterocycles. The molecule has 0 fully saturated rings. The smallest absolute Gasteiger partial charge is 0.0441 e. The minimum Gasteiger partial charge on any atom is -0.309 e. The molecule has 0 aliphatic heterocycles. The maximum absolute atomic E-state index is 11.3. The van der Waals surface area contributed by atoms with Gasteiger partial charge in [0.2, 0.25) is 0 Å². The predicted octanol–water partition coefficient (Wildman–Crippen LogP) is 2.79. The summed E-state index contributed by atoms with van der Waals surface area (Å²) in [7, 11) is -0.744. The Bertz CT molecular complexity index is 435. The molecule has 0 amide bonds. The second-order valence-corrected chi connectivity index (χ2v) is 7.27. The minimum absolute atomic E-state index is 0.214. The van der Waals surface area contributed by atoms with Crippen molar-refractivity contribution in [3.8, 4) is 0 Å². The molecule has 0 saturated heterocycles. The Morgan fingerprint density at radius 2 is 2.35 bits per heavy atom. The molecule has 2 rings (SSSR count). The van der Waals surface area contributed by atoms with Gasteiger partial charge in [-0.05, 0) is 37.0 Å². The van der Waals surface area contributed by atoms with E-state index in [0.717, 1.165) is 19.4 Å². The van der Waals surface area contributed by atoms with Crippen LogP contribution in [0.2, 0.25) is 0 Å². The van der Waals surface area contributed by atoms with Gasteiger partial charge in [-0.15, -0.1) is 0 Å². The zero-order valence-corrected chi connectivity index (χ0v) is 12.6. The van der Waals surface area contributed by atoms with E-state index in [1.165, 1.54) is 15.6 Å². The number of hydrogen-bond donors (Lipinski definition) is 1. The summed E-state index contributed by atoms with van der Waals surface area (Å²) in [6.07, 6.45) is 4.03. The van der Waals surface area contributed by atoms with Gasteiger partial charge in [0, 0.05) is 39.4 Å². The lowest BCUT2D eigenvalue weighted by atomic mass is 10.1. The van der Waals surface area contributed by atoms with Crippen LogP contribution in [0.1, 0.15) is 30.5 Å². The van der Waals surface area contributed by atoms with Crippen molar-refractivity contribution in [1.82, 2.24) is 5.32 Å². The molecule has 1 aliphatic rings. The molecule has 0 radical (unpaired) electrons. The maximum atomic E-state index is 11.3. The zero-order valence-electron chi connectivity index (χ0n) is 10.2. The average molecular weight is 316 g/mol. The quantitative estimate of drug-likeness (QED) is 0.925. The van der Waals surface area contributed by atoms with Crippen LogP contribution in [0.25, 0.3) is 0 Å². The Hall–Kier alpha value is -0.190. The fourth-order valence-electron chi connectivity index (χ4n) is 2.25. The predicted molar refractivity (Wildman–Crippen MR) is 76.7 cm³/mol. The van der Waals surface area contributed by atoms with Crippen LogP contribution in [0.3, 0.4) is 0 Å². The van der Waals surface area contributed by atoms with Crippen LogP contribution in [0.5, 0.6) is 0 Å². The summed E-state index contributed by atoms with van der Waals surface area (Å²) >= 11 is 3.60. The molecule has 0 spiro atoms. The van der Waals surface area contributed by atoms with E-state index in [9.17, 15) is 4.21 Å². The standard InChI is InChI=1S/C13H18BrNOS/c1-9(17(2)16)8-15-13-7-6-10-11(13)4-3-5-12(10)14/h3-5,9,13,15H,6-8H2,1-2H3/t9-,13-,17+/m1/s1. The lowest BCUT2D eigenvalue weighted by molar-refractivity contribution is 0.529. The molecule has 17 heavy (non-hydrogen) atoms. The maximum Gasteiger partial charge on any atom is 0.0441 e. The molecule has 0 bridgehead atoms. The van der Waals surface area contributed by atoms with Gasteiger partial charge < -0.3 is 5.32 Å². The molecule has 0 saturated carbocycles. The third kappa shape index (κ3) is 2.98. The van der Waals surface area contributed by atoms with E-state index in [0.29, 0.717) is 6.04 Å². The first-order valence-corrected chi connectivity index (χ1v) is 8.34. The van der Waals surface area contributed by atoms with Crippen molar-refractivity contribution in [1.29, 1.82) is 0 Å². The third-order valence-electron chi connectivity index (χ3n) is 3.43. The molecule has 4 heteroatoms. The number of benzene rings is 1. The van der Waals surface area contributed by atoms with Crippen molar-refractivity contribution in [2.45, 2.75) is 31.1 Å². The van der Waals surface area contributed by atoms with Crippen molar-refractivity contribution < 1.29 is 4.21 Å². The Morgan fingerprint density at radius 3 is 3.06 bits per heavy atom. The number of fused-ring (bicyclic) bond motifs is 1. The summed E-state index contributed by atoms with van der Waals surface area (Å²) in [5.41, 5.74) is 2.82. The molecule has 1 aliphatic carbocycles. The average Bonchev–Trinajstić information content (AvgIpc) is 2.70. The molecule has 1 aromatic rings. The van der Waals surface area contributed by atoms with Gasteiger partial charge in [0.25, 0.3) is 0 Å². The van der Waals surface area contributed by atoms with Crippen molar-refractivity contribution in [3.05, 3.63) is 33.8 Å². The Labute approximate surface area is 114 Å². The number of nitrogens with one attached hydrogen (secondary N) is 1. The van der Waals surface area contributed by atoms with Crippen LogP contribution in [0, 0.1) is 0 Å². The lowest BCUT2D eigenvalue weighted by Crippen LogP contribution is -2.30. The van der Waals surface area contributed by atoms with Gasteiger partial charge in [0.15, 0.2) is 0 Å². The molecule has 94 valence electrons. The summed E-state index contributed by atoms with van der Waals surface area (Å²) in [5, 5.41) is 3.75. The summed E-state index contributed by atoms with van der Waals surface area (Å²) < 4.78 is 12.5. The highest BCUT2D eigenvalue weighted by Gasteiger charge is 2.24. The van der Waals surface area contributed by atoms with Crippen LogP contribution in [-0.2, 0) is 17.2 Å². The highest BCUT2D eigenvalue weighted by Crippen LogP contribution is 2.35. The van der Waals surface area contributed by atoms with Gasteiger partial charge in [-0.1, -0.05) is 28.1 Å². The summed E-state index contributed by atoms with van der Waals surface area (Å²) in [6.45, 7) is 2.85. The summed E-state index contributed by atoms with van der Waals surface area (Å²) in [6, 6.07) is 6.81. The van der Waals surface area contributed by atoms with E-state index in [-0.39, 0.29) is 5.25 Å². The van der Waals surface area contributed by atoms with Gasteiger partial charge >= 0.3 is 0 Å². The molecule has 1 N–H and O–H groups in total. The highest BCUT2D eigenvalue weighted by molar-refractivity contribution is 9.10. The van der Waals surface area contributed by atoms with Crippen LogP contribution >= 0.6 is 15.9 Å². The normalized spacial score (nSPS) is 22.2. The van der Waals surface area contributed by atoms with E-state index in [1.807, 2.05) is 6.92 Å². The van der Waals surface area contributed by atoms with E-state index in [2.05, 4.69) is 39.4 Å². The fraction of sp³-hybridized carbons (Fsp3) is 0.538. The van der Waals surface area contributed by atoms with E-state index in [1.54, 1.807) is 6.26 Å². The van der Waals surface area contributed by atoms with Crippen LogP contribution in [0.15, 0.2) is 22.7 Å². The van der Waals surface area contributed by atoms with E-state index < -0.39 is 10.8 Å². The molecule has 2 nitrogen and oxygen atoms in total. The van der Waals surface area contributed by atoms with Crippen molar-refractivity contribution >= 4 is 26.7 Å². The largest absolute Gasteiger partial charge is 0.309 e. The first-order valence-electron chi connectivity index (χ1n) is 5.92. The summed E-state index contributed by atoms with van der Waals surface area (Å²) in [4.78, 5) is 0. The molecular formula is C13H18BrNOS. The molecular weight excluding hydrogens is 298 g/mol. The van der Waals surface area contributed by atoms with Gasteiger partial charge in [0.05, 0.1) is 0 Å². The Kier molecular flexibility index (Phi) is 4.39. The number of rotatable bonds is 4. The highest BCUT2D eigenvalue weighted by atomic mass is 79.9. The van der Waals surface area contributed by atoms with Crippen LogP contribution < -0.4 is 5.32 Å². The number of hydrogen-bond acceptors (Lipinski definition) is 2. The van der Waals surface area contributed by atoms with Gasteiger partial charge in [-0.3, -0.25) is 4.21 Å². The Morgan fingerprint density at radius 1 is 1.59 bits per heavy atom. The molecule has 0 aromatic heterocycles. The van der Waals surface area contributed by atoms with Crippen molar-refractivity contribution in [2.24, 2.45) is 0 Å². The van der Waals surface area contributed by atoms with Gasteiger partial charge in [-0.2, -0.15) is 0 Å². The zero-order chi connectivity index (χ0) is 12.4. The third-order valence-corrected chi connectivity index (χ3v) is 5.47. The van der Waals surface area contributed by atoms with Crippen molar-refractivity contribution in [2.75, 3.05) is 12.8 Å². The van der Waals surface area contributed by atoms with Crippen LogP contribution in [-0.4, -0.2) is 22.3 Å².